The number of aryl methyl sites for hydroxylation is 1. The van der Waals surface area contributed by atoms with Gasteiger partial charge in [-0.05, 0) is 41.8 Å². The van der Waals surface area contributed by atoms with Crippen LogP contribution in [0.15, 0.2) is 42.5 Å². The number of rotatable bonds is 7. The van der Waals surface area contributed by atoms with Gasteiger partial charge in [0, 0.05) is 19.6 Å². The van der Waals surface area contributed by atoms with Crippen molar-refractivity contribution in [2.75, 3.05) is 40.0 Å². The van der Waals surface area contributed by atoms with Crippen LogP contribution in [0.5, 0.6) is 5.75 Å². The quantitative estimate of drug-likeness (QED) is 0.718. The molecule has 1 heterocycles. The summed E-state index contributed by atoms with van der Waals surface area (Å²) in [7, 11) is 1.59. The molecule has 0 spiro atoms. The minimum absolute atomic E-state index is 0.156. The number of ether oxygens (including phenoxy) is 2. The van der Waals surface area contributed by atoms with E-state index in [-0.39, 0.29) is 18.4 Å². The van der Waals surface area contributed by atoms with Crippen LogP contribution >= 0.6 is 0 Å². The van der Waals surface area contributed by atoms with E-state index in [0.717, 1.165) is 34.6 Å². The second kappa shape index (κ2) is 10.2. The molecule has 1 aliphatic heterocycles. The van der Waals surface area contributed by atoms with Crippen LogP contribution in [0.2, 0.25) is 0 Å². The molecule has 1 fully saturated rings. The fourth-order valence-electron chi connectivity index (χ4n) is 3.67. The van der Waals surface area contributed by atoms with Gasteiger partial charge in [-0.1, -0.05) is 24.3 Å². The van der Waals surface area contributed by atoms with Gasteiger partial charge in [0.15, 0.2) is 0 Å². The highest BCUT2D eigenvalue weighted by Gasteiger charge is 2.31. The van der Waals surface area contributed by atoms with Gasteiger partial charge in [0.25, 0.3) is 0 Å². The van der Waals surface area contributed by atoms with E-state index >= 15 is 0 Å². The second-order valence-electron chi connectivity index (χ2n) is 7.57. The first kappa shape index (κ1) is 23.1. The van der Waals surface area contributed by atoms with E-state index in [1.54, 1.807) is 7.11 Å². The highest BCUT2D eigenvalue weighted by Crippen LogP contribution is 2.31. The molecule has 0 saturated carbocycles. The molecule has 2 aromatic rings. The van der Waals surface area contributed by atoms with Crippen molar-refractivity contribution < 1.29 is 27.4 Å². The SMILES string of the molecule is COc1cc(CC(=O)NCC(c2ccc(C(F)(F)F)cc2)N2CCOCC2)ccc1C. The number of nitrogens with one attached hydrogen (secondary N) is 1. The van der Waals surface area contributed by atoms with Crippen molar-refractivity contribution >= 4 is 5.91 Å². The van der Waals surface area contributed by atoms with Gasteiger partial charge in [-0.3, -0.25) is 9.69 Å². The zero-order valence-electron chi connectivity index (χ0n) is 17.7. The molecule has 1 amide bonds. The molecule has 31 heavy (non-hydrogen) atoms. The molecule has 5 nitrogen and oxygen atoms in total. The summed E-state index contributed by atoms with van der Waals surface area (Å²) in [6.45, 7) is 4.63. The number of hydrogen-bond donors (Lipinski definition) is 1. The van der Waals surface area contributed by atoms with Gasteiger partial charge in [-0.15, -0.1) is 0 Å². The third-order valence-corrected chi connectivity index (χ3v) is 5.44. The van der Waals surface area contributed by atoms with Crippen LogP contribution in [0.1, 0.15) is 28.3 Å². The molecule has 1 N–H and O–H groups in total. The Kier molecular flexibility index (Phi) is 7.56. The Balaban J connectivity index is 1.69. The summed E-state index contributed by atoms with van der Waals surface area (Å²) in [6, 6.07) is 10.5. The van der Waals surface area contributed by atoms with E-state index in [1.807, 2.05) is 25.1 Å². The third kappa shape index (κ3) is 6.21. The lowest BCUT2D eigenvalue weighted by Gasteiger charge is -2.35. The Hall–Kier alpha value is -2.58. The third-order valence-electron chi connectivity index (χ3n) is 5.44. The Bertz CT molecular complexity index is 879. The summed E-state index contributed by atoms with van der Waals surface area (Å²) in [5.74, 6) is 0.567. The number of alkyl halides is 3. The number of halogens is 3. The molecule has 0 aliphatic carbocycles. The van der Waals surface area contributed by atoms with Gasteiger partial charge in [-0.25, -0.2) is 0 Å². The van der Waals surface area contributed by atoms with E-state index in [4.69, 9.17) is 9.47 Å². The van der Waals surface area contributed by atoms with Gasteiger partial charge < -0.3 is 14.8 Å². The second-order valence-corrected chi connectivity index (χ2v) is 7.57. The van der Waals surface area contributed by atoms with E-state index in [9.17, 15) is 18.0 Å². The summed E-state index contributed by atoms with van der Waals surface area (Å²) >= 11 is 0. The van der Waals surface area contributed by atoms with Crippen molar-refractivity contribution in [1.29, 1.82) is 0 Å². The summed E-state index contributed by atoms with van der Waals surface area (Å²) in [5.41, 5.74) is 1.86. The molecular weight excluding hydrogens is 409 g/mol. The van der Waals surface area contributed by atoms with Crippen LogP contribution in [0, 0.1) is 6.92 Å². The summed E-state index contributed by atoms with van der Waals surface area (Å²) in [6.07, 6.45) is -4.18. The van der Waals surface area contributed by atoms with Crippen LogP contribution in [0.3, 0.4) is 0 Å². The Morgan fingerprint density at radius 2 is 1.84 bits per heavy atom. The largest absolute Gasteiger partial charge is 0.496 e. The van der Waals surface area contributed by atoms with Crippen LogP contribution in [-0.4, -0.2) is 50.8 Å². The number of nitrogens with zero attached hydrogens (tertiary/aromatic N) is 1. The van der Waals surface area contributed by atoms with E-state index in [1.165, 1.54) is 12.1 Å². The maximum atomic E-state index is 12.9. The molecule has 0 radical (unpaired) electrons. The highest BCUT2D eigenvalue weighted by molar-refractivity contribution is 5.78. The number of benzene rings is 2. The van der Waals surface area contributed by atoms with Crippen LogP contribution < -0.4 is 10.1 Å². The lowest BCUT2D eigenvalue weighted by Crippen LogP contribution is -2.44. The van der Waals surface area contributed by atoms with Crippen molar-refractivity contribution in [3.05, 3.63) is 64.7 Å². The number of morpholine rings is 1. The topological polar surface area (TPSA) is 50.8 Å². The van der Waals surface area contributed by atoms with Gasteiger partial charge in [0.2, 0.25) is 5.91 Å². The van der Waals surface area contributed by atoms with E-state index < -0.39 is 11.7 Å². The number of amides is 1. The molecule has 1 unspecified atom stereocenters. The minimum Gasteiger partial charge on any atom is -0.496 e. The maximum Gasteiger partial charge on any atom is 0.416 e. The predicted molar refractivity (Wildman–Crippen MR) is 111 cm³/mol. The van der Waals surface area contributed by atoms with Gasteiger partial charge in [-0.2, -0.15) is 13.2 Å². The standard InChI is InChI=1S/C23H27F3N2O3/c1-16-3-4-17(13-21(16)30-2)14-22(29)27-15-20(28-9-11-31-12-10-28)18-5-7-19(8-6-18)23(24,25)26/h3-8,13,20H,9-12,14-15H2,1-2H3,(H,27,29). The Morgan fingerprint density at radius 3 is 2.45 bits per heavy atom. The summed E-state index contributed by atoms with van der Waals surface area (Å²) in [4.78, 5) is 14.7. The van der Waals surface area contributed by atoms with Crippen molar-refractivity contribution in [2.24, 2.45) is 0 Å². The maximum absolute atomic E-state index is 12.9. The summed E-state index contributed by atoms with van der Waals surface area (Å²) < 4.78 is 49.5. The van der Waals surface area contributed by atoms with E-state index in [0.29, 0.717) is 32.8 Å². The fourth-order valence-corrected chi connectivity index (χ4v) is 3.67. The Morgan fingerprint density at radius 1 is 1.16 bits per heavy atom. The van der Waals surface area contributed by atoms with Crippen LogP contribution in [-0.2, 0) is 22.1 Å². The van der Waals surface area contributed by atoms with E-state index in [2.05, 4.69) is 10.2 Å². The first-order valence-corrected chi connectivity index (χ1v) is 10.2. The predicted octanol–water partition coefficient (Wildman–Crippen LogP) is 3.75. The molecule has 2 aromatic carbocycles. The molecule has 0 bridgehead atoms. The van der Waals surface area contributed by atoms with Crippen molar-refractivity contribution in [3.63, 3.8) is 0 Å². The van der Waals surface area contributed by atoms with Crippen molar-refractivity contribution in [2.45, 2.75) is 25.6 Å². The number of hydrogen-bond acceptors (Lipinski definition) is 4. The summed E-state index contributed by atoms with van der Waals surface area (Å²) in [5, 5.41) is 2.94. The highest BCUT2D eigenvalue weighted by atomic mass is 19.4. The van der Waals surface area contributed by atoms with Crippen LogP contribution in [0.25, 0.3) is 0 Å². The molecule has 1 aliphatic rings. The lowest BCUT2D eigenvalue weighted by molar-refractivity contribution is -0.137. The normalized spacial score (nSPS) is 16.0. The fraction of sp³-hybridized carbons (Fsp3) is 0.435. The number of carbonyl (C=O) groups is 1. The zero-order valence-corrected chi connectivity index (χ0v) is 17.7. The monoisotopic (exact) mass is 436 g/mol. The zero-order chi connectivity index (χ0) is 22.4. The first-order chi connectivity index (χ1) is 14.8. The van der Waals surface area contributed by atoms with Crippen molar-refractivity contribution in [1.82, 2.24) is 10.2 Å². The number of carbonyl (C=O) groups excluding carboxylic acids is 1. The van der Waals surface area contributed by atoms with Gasteiger partial charge >= 0.3 is 6.18 Å². The lowest BCUT2D eigenvalue weighted by atomic mass is 10.0. The average Bonchev–Trinajstić information content (AvgIpc) is 2.75. The van der Waals surface area contributed by atoms with Crippen LogP contribution in [0.4, 0.5) is 13.2 Å². The smallest absolute Gasteiger partial charge is 0.416 e. The number of methoxy groups -OCH3 is 1. The average molecular weight is 436 g/mol. The molecule has 3 rings (SSSR count). The van der Waals surface area contributed by atoms with Crippen molar-refractivity contribution in [3.8, 4) is 5.75 Å². The Labute approximate surface area is 180 Å². The molecule has 0 aromatic heterocycles. The minimum atomic E-state index is -4.38. The molecule has 8 heteroatoms. The molecule has 1 atom stereocenters. The molecular formula is C23H27F3N2O3. The van der Waals surface area contributed by atoms with Gasteiger partial charge in [0.1, 0.15) is 5.75 Å². The van der Waals surface area contributed by atoms with Gasteiger partial charge in [0.05, 0.1) is 38.3 Å². The molecule has 1 saturated heterocycles. The molecule has 168 valence electrons. The first-order valence-electron chi connectivity index (χ1n) is 10.2.